The lowest BCUT2D eigenvalue weighted by molar-refractivity contribution is -0.370. The summed E-state index contributed by atoms with van der Waals surface area (Å²) in [6.07, 6.45) is -2.80. The Hall–Kier alpha value is -2.41. The van der Waals surface area contributed by atoms with Crippen LogP contribution in [0.15, 0.2) is 11.6 Å². The van der Waals surface area contributed by atoms with Crippen molar-refractivity contribution in [2.24, 2.45) is 102 Å². The maximum atomic E-state index is 16.0. The van der Waals surface area contributed by atoms with Gasteiger partial charge in [-0.3, -0.25) is 4.79 Å². The third-order valence-corrected chi connectivity index (χ3v) is 30.3. The molecule has 33 atom stereocenters. The Morgan fingerprint density at radius 1 is 0.674 bits per heavy atom. The van der Waals surface area contributed by atoms with Gasteiger partial charge in [-0.25, -0.2) is 4.79 Å². The Bertz CT molecular complexity index is 2810. The van der Waals surface area contributed by atoms with Crippen LogP contribution in [0.25, 0.3) is 0 Å². The first-order valence-corrected chi connectivity index (χ1v) is 37.3. The second-order valence-corrected chi connectivity index (χ2v) is 35.9. The van der Waals surface area contributed by atoms with Crippen LogP contribution < -0.4 is 5.32 Å². The lowest BCUT2D eigenvalue weighted by Gasteiger charge is -2.71. The standard InChI is InChI=1S/C75H121NO19/c1-38(2)14-13-15-39(3)44-18-19-45-43-17-16-41-32-42(22-26-69(41,7)46(43)23-27-70(44,45)8)91-67(88)76-55-50(35-77)92-65(62(57(55)83)94-64-60(86)58(84)61(40(4)90-64)93-63-59(85)56(82)49(79)36-89-63)95-66(87)75-31-30-68(5,6)33-48(75)47-20-21-52-71(9)28-25-53(80)72(10,37-78)51(71)24-29-73(52,11)74(47,12)34-54(75)81/h20,37-46,48-65,77,79-86H,13-19,21-36H2,1-12H3,(H,76,88)/t39-,40?,41+,42+,43-,44?,45+,46?,48?,49-,50?,51-,52?,53+,54?,55+,56?,57?,58?,59?,60?,61+,62?,63+,64+,65+,69?,70?,71?,72-,73+,74-,75-/m1/s1. The third kappa shape index (κ3) is 11.9. The second-order valence-electron chi connectivity index (χ2n) is 35.9. The first-order chi connectivity index (χ1) is 44.7. The van der Waals surface area contributed by atoms with Crippen LogP contribution in [0.2, 0.25) is 0 Å². The average molecular weight is 1340 g/mol. The van der Waals surface area contributed by atoms with E-state index < -0.39 is 152 Å². The van der Waals surface area contributed by atoms with Crippen molar-refractivity contribution >= 4 is 18.3 Å². The number of esters is 1. The number of aliphatic hydroxyl groups is 9. The lowest BCUT2D eigenvalue weighted by atomic mass is 9.33. The topological polar surface area (TPSA) is 310 Å². The smallest absolute Gasteiger partial charge is 0.407 e. The molecule has 8 saturated carbocycles. The number of amides is 1. The number of fused-ring (bicyclic) bond motifs is 12. The zero-order valence-electron chi connectivity index (χ0n) is 59.1. The number of allylic oxidation sites excluding steroid dienone is 2. The molecule has 12 aliphatic rings. The van der Waals surface area contributed by atoms with Gasteiger partial charge in [0.2, 0.25) is 6.29 Å². The minimum absolute atomic E-state index is 0.0452. The van der Waals surface area contributed by atoms with Crippen LogP contribution in [0.4, 0.5) is 4.79 Å². The fraction of sp³-hybridized carbons (Fsp3) is 0.933. The van der Waals surface area contributed by atoms with Crippen molar-refractivity contribution in [3.63, 3.8) is 0 Å². The zero-order chi connectivity index (χ0) is 68.7. The molecule has 3 heterocycles. The van der Waals surface area contributed by atoms with Crippen LogP contribution in [-0.2, 0) is 42.7 Å². The van der Waals surface area contributed by atoms with Gasteiger partial charge in [-0.1, -0.05) is 107 Å². The fourth-order valence-electron chi connectivity index (χ4n) is 24.5. The van der Waals surface area contributed by atoms with Gasteiger partial charge in [0.1, 0.15) is 66.6 Å². The maximum absolute atomic E-state index is 16.0. The molecule has 12 rings (SSSR count). The molecule has 10 N–H and O–H groups in total. The van der Waals surface area contributed by atoms with Crippen molar-refractivity contribution in [2.45, 2.75) is 322 Å². The van der Waals surface area contributed by atoms with E-state index in [9.17, 15) is 55.5 Å². The molecule has 0 aromatic carbocycles. The Morgan fingerprint density at radius 2 is 1.37 bits per heavy atom. The molecular formula is C75H121NO19. The van der Waals surface area contributed by atoms with Gasteiger partial charge in [0.15, 0.2) is 18.7 Å². The fourth-order valence-corrected chi connectivity index (χ4v) is 24.5. The lowest BCUT2D eigenvalue weighted by Crippen LogP contribution is -2.69. The van der Waals surface area contributed by atoms with Crippen LogP contribution in [0.1, 0.15) is 218 Å². The highest BCUT2D eigenvalue weighted by Gasteiger charge is 2.73. The zero-order valence-corrected chi connectivity index (χ0v) is 59.1. The van der Waals surface area contributed by atoms with Crippen LogP contribution >= 0.6 is 0 Å². The molecule has 540 valence electrons. The highest BCUT2D eigenvalue weighted by molar-refractivity contribution is 5.80. The third-order valence-electron chi connectivity index (χ3n) is 30.3. The van der Waals surface area contributed by atoms with Crippen LogP contribution in [-0.4, -0.2) is 182 Å². The maximum Gasteiger partial charge on any atom is 0.407 e. The number of alkyl carbamates (subject to hydrolysis) is 1. The van der Waals surface area contributed by atoms with Gasteiger partial charge in [-0.15, -0.1) is 0 Å². The van der Waals surface area contributed by atoms with Crippen LogP contribution in [0, 0.1) is 102 Å². The second kappa shape index (κ2) is 26.4. The van der Waals surface area contributed by atoms with Gasteiger partial charge in [0.05, 0.1) is 43.0 Å². The molecule has 3 aliphatic heterocycles. The molecule has 20 heteroatoms. The summed E-state index contributed by atoms with van der Waals surface area (Å²) in [6, 6.07) is -1.45. The highest BCUT2D eigenvalue weighted by atomic mass is 16.8. The van der Waals surface area contributed by atoms with Gasteiger partial charge in [0.25, 0.3) is 0 Å². The largest absolute Gasteiger partial charge is 0.446 e. The van der Waals surface area contributed by atoms with E-state index in [1.807, 2.05) is 6.92 Å². The summed E-state index contributed by atoms with van der Waals surface area (Å²) in [5.41, 5.74) is -2.41. The molecule has 0 radical (unpaired) electrons. The number of nitrogens with one attached hydrogen (secondary N) is 1. The number of aldehydes is 1. The molecule has 0 bridgehead atoms. The molecule has 16 unspecified atom stereocenters. The molecule has 1 amide bonds. The summed E-state index contributed by atoms with van der Waals surface area (Å²) in [6.45, 7) is 25.7. The molecular weight excluding hydrogens is 1220 g/mol. The SMILES string of the molecule is CC(C)CCC[C@@H](C)C1CC[C@H]2[C@H]3CC[C@H]4C[C@@H](OC(=O)N[C@H]5C(CO)O[C@@H](OC(=O)[C@]67CCC(C)(C)CC6C6=CCC8C9(C)CC[C@H](O)[C@](C)(C=O)[C@@H]9CC[C@]8(C)[C@]6(C)CC7O)C(O[C@@H]6OC(C)[C@H](O[C@@H]7OC[C@@H](O)C(O)C7O)C(O)C6O)C5O)CCC4(C)C3CCC12C. The quantitative estimate of drug-likeness (QED) is 0.0420. The van der Waals surface area contributed by atoms with E-state index in [1.54, 1.807) is 0 Å². The number of aliphatic hydroxyl groups excluding tert-OH is 9. The van der Waals surface area contributed by atoms with E-state index in [-0.39, 0.29) is 46.3 Å². The molecule has 20 nitrogen and oxygen atoms in total. The van der Waals surface area contributed by atoms with Gasteiger partial charge < -0.3 is 89.2 Å². The first-order valence-electron chi connectivity index (χ1n) is 37.3. The summed E-state index contributed by atoms with van der Waals surface area (Å²) in [4.78, 5) is 43.4. The van der Waals surface area contributed by atoms with Crippen LogP contribution in [0.5, 0.6) is 0 Å². The Kier molecular flexibility index (Phi) is 20.1. The van der Waals surface area contributed by atoms with Crippen molar-refractivity contribution in [1.82, 2.24) is 5.32 Å². The molecule has 11 fully saturated rings. The van der Waals surface area contributed by atoms with Crippen LogP contribution in [0.3, 0.4) is 0 Å². The van der Waals surface area contributed by atoms with Crippen molar-refractivity contribution in [1.29, 1.82) is 0 Å². The first kappa shape index (κ1) is 72.4. The van der Waals surface area contributed by atoms with Crippen molar-refractivity contribution in [3.05, 3.63) is 11.6 Å². The minimum Gasteiger partial charge on any atom is -0.446 e. The number of carbonyl (C=O) groups is 3. The summed E-state index contributed by atoms with van der Waals surface area (Å²) in [5, 5.41) is 106. The molecule has 3 saturated heterocycles. The number of hydrogen-bond donors (Lipinski definition) is 10. The Balaban J connectivity index is 0.782. The number of rotatable bonds is 15. The van der Waals surface area contributed by atoms with Gasteiger partial charge >= 0.3 is 12.1 Å². The molecule has 9 aliphatic carbocycles. The van der Waals surface area contributed by atoms with E-state index in [0.717, 1.165) is 67.6 Å². The van der Waals surface area contributed by atoms with E-state index in [0.29, 0.717) is 61.7 Å². The molecule has 95 heavy (non-hydrogen) atoms. The summed E-state index contributed by atoms with van der Waals surface area (Å²) < 4.78 is 43.5. The van der Waals surface area contributed by atoms with E-state index >= 15 is 4.79 Å². The number of ether oxygens (including phenoxy) is 7. The Labute approximate surface area is 564 Å². The van der Waals surface area contributed by atoms with Crippen molar-refractivity contribution < 1.29 is 93.5 Å². The minimum atomic E-state index is -1.95. The number of hydrogen-bond acceptors (Lipinski definition) is 19. The summed E-state index contributed by atoms with van der Waals surface area (Å²) in [5.74, 6) is 3.36. The molecule has 0 aromatic heterocycles. The highest BCUT2D eigenvalue weighted by Crippen LogP contribution is 2.76. The average Bonchev–Trinajstić information content (AvgIpc) is 1.14. The molecule has 0 aromatic rings. The van der Waals surface area contributed by atoms with E-state index in [2.05, 4.69) is 80.6 Å². The van der Waals surface area contributed by atoms with Crippen molar-refractivity contribution in [2.75, 3.05) is 13.2 Å². The van der Waals surface area contributed by atoms with Gasteiger partial charge in [-0.2, -0.15) is 0 Å². The predicted octanol–water partition coefficient (Wildman–Crippen LogP) is 8.18. The summed E-state index contributed by atoms with van der Waals surface area (Å²) >= 11 is 0. The molecule has 0 spiro atoms. The monoisotopic (exact) mass is 1340 g/mol. The van der Waals surface area contributed by atoms with E-state index in [4.69, 9.17) is 33.2 Å². The Morgan fingerprint density at radius 3 is 2.08 bits per heavy atom. The predicted molar refractivity (Wildman–Crippen MR) is 349 cm³/mol. The normalized spacial score (nSPS) is 52.7. The summed E-state index contributed by atoms with van der Waals surface area (Å²) in [7, 11) is 0. The van der Waals surface area contributed by atoms with E-state index in [1.165, 1.54) is 58.3 Å². The van der Waals surface area contributed by atoms with Crippen molar-refractivity contribution in [3.8, 4) is 0 Å². The number of carbonyl (C=O) groups excluding carboxylic acids is 3. The van der Waals surface area contributed by atoms with Gasteiger partial charge in [-0.05, 0) is 214 Å². The van der Waals surface area contributed by atoms with Gasteiger partial charge in [0, 0.05) is 0 Å².